The molecule has 142 valence electrons. The molecule has 0 aliphatic carbocycles. The van der Waals surface area contributed by atoms with E-state index in [0.717, 1.165) is 12.1 Å². The Balaban J connectivity index is 1.50. The molecule has 0 unspecified atom stereocenters. The van der Waals surface area contributed by atoms with Crippen LogP contribution in [0.1, 0.15) is 10.4 Å². The largest absolute Gasteiger partial charge is 0.484 e. The van der Waals surface area contributed by atoms with E-state index in [9.17, 15) is 18.4 Å². The molecule has 28 heavy (non-hydrogen) atoms. The molecule has 0 aromatic heterocycles. The van der Waals surface area contributed by atoms with E-state index in [1.54, 1.807) is 48.5 Å². The smallest absolute Gasteiger partial charge is 0.262 e. The average molecular weight is 382 g/mol. The van der Waals surface area contributed by atoms with Gasteiger partial charge in [0.15, 0.2) is 18.2 Å². The van der Waals surface area contributed by atoms with Crippen molar-refractivity contribution in [2.24, 2.45) is 0 Å². The van der Waals surface area contributed by atoms with Gasteiger partial charge in [-0.2, -0.15) is 0 Å². The Morgan fingerprint density at radius 1 is 0.786 bits per heavy atom. The number of amides is 2. The summed E-state index contributed by atoms with van der Waals surface area (Å²) in [5.41, 5.74) is 1.25. The van der Waals surface area contributed by atoms with Crippen molar-refractivity contribution in [2.45, 2.75) is 0 Å². The molecular weight excluding hydrogens is 366 g/mol. The lowest BCUT2D eigenvalue weighted by atomic mass is 10.2. The average Bonchev–Trinajstić information content (AvgIpc) is 2.71. The molecule has 0 aliphatic heterocycles. The molecule has 3 aromatic carbocycles. The summed E-state index contributed by atoms with van der Waals surface area (Å²) in [4.78, 5) is 23.9. The van der Waals surface area contributed by atoms with Crippen LogP contribution in [0.5, 0.6) is 5.75 Å². The predicted octanol–water partition coefficient (Wildman–Crippen LogP) is 4.23. The Hall–Kier alpha value is -3.74. The number of anilines is 2. The van der Waals surface area contributed by atoms with Crippen LogP contribution in [0.4, 0.5) is 20.2 Å². The number of hydrogen-bond acceptors (Lipinski definition) is 3. The van der Waals surface area contributed by atoms with Crippen LogP contribution in [0.15, 0.2) is 72.8 Å². The maximum Gasteiger partial charge on any atom is 0.262 e. The van der Waals surface area contributed by atoms with Gasteiger partial charge in [-0.05, 0) is 48.5 Å². The van der Waals surface area contributed by atoms with Crippen LogP contribution < -0.4 is 15.4 Å². The second kappa shape index (κ2) is 8.77. The minimum absolute atomic E-state index is 0.131. The highest BCUT2D eigenvalue weighted by Gasteiger charge is 2.08. The van der Waals surface area contributed by atoms with Crippen LogP contribution in [-0.2, 0) is 4.79 Å². The fourth-order valence-electron chi connectivity index (χ4n) is 2.35. The summed E-state index contributed by atoms with van der Waals surface area (Å²) in [5, 5.41) is 5.16. The molecule has 0 bridgehead atoms. The van der Waals surface area contributed by atoms with Gasteiger partial charge >= 0.3 is 0 Å². The zero-order valence-corrected chi connectivity index (χ0v) is 14.6. The Morgan fingerprint density at radius 2 is 1.46 bits per heavy atom. The standard InChI is InChI=1S/C21H16F2N2O3/c22-18-11-8-16(12-19(18)23)24-20(26)13-28-17-9-6-15(7-10-17)25-21(27)14-4-2-1-3-5-14/h1-12H,13H2,(H,24,26)(H,25,27). The van der Waals surface area contributed by atoms with Crippen LogP contribution in [0, 0.1) is 11.6 Å². The summed E-state index contributed by atoms with van der Waals surface area (Å²) in [6.07, 6.45) is 0. The normalized spacial score (nSPS) is 10.2. The summed E-state index contributed by atoms with van der Waals surface area (Å²) in [5.74, 6) is -2.38. The van der Waals surface area contributed by atoms with Crippen molar-refractivity contribution in [3.8, 4) is 5.75 Å². The molecule has 0 spiro atoms. The lowest BCUT2D eigenvalue weighted by molar-refractivity contribution is -0.118. The van der Waals surface area contributed by atoms with E-state index >= 15 is 0 Å². The molecule has 7 heteroatoms. The predicted molar refractivity (Wildman–Crippen MR) is 101 cm³/mol. The molecule has 0 fully saturated rings. The monoisotopic (exact) mass is 382 g/mol. The van der Waals surface area contributed by atoms with E-state index in [0.29, 0.717) is 17.0 Å². The number of hydrogen-bond donors (Lipinski definition) is 2. The van der Waals surface area contributed by atoms with Gasteiger partial charge in [-0.3, -0.25) is 9.59 Å². The lowest BCUT2D eigenvalue weighted by Crippen LogP contribution is -2.20. The number of carbonyl (C=O) groups is 2. The van der Waals surface area contributed by atoms with E-state index in [1.165, 1.54) is 6.07 Å². The van der Waals surface area contributed by atoms with Crippen LogP contribution in [0.25, 0.3) is 0 Å². The minimum Gasteiger partial charge on any atom is -0.484 e. The van der Waals surface area contributed by atoms with Gasteiger partial charge in [0, 0.05) is 23.0 Å². The highest BCUT2D eigenvalue weighted by atomic mass is 19.2. The van der Waals surface area contributed by atoms with Crippen molar-refractivity contribution in [2.75, 3.05) is 17.2 Å². The molecule has 3 rings (SSSR count). The molecule has 0 saturated carbocycles. The molecule has 5 nitrogen and oxygen atoms in total. The summed E-state index contributed by atoms with van der Waals surface area (Å²) in [6, 6.07) is 18.3. The topological polar surface area (TPSA) is 67.4 Å². The van der Waals surface area contributed by atoms with Gasteiger partial charge in [0.25, 0.3) is 11.8 Å². The molecule has 0 radical (unpaired) electrons. The highest BCUT2D eigenvalue weighted by molar-refractivity contribution is 6.04. The number of halogens is 2. The van der Waals surface area contributed by atoms with E-state index in [4.69, 9.17) is 4.74 Å². The van der Waals surface area contributed by atoms with E-state index < -0.39 is 17.5 Å². The molecule has 0 saturated heterocycles. The van der Waals surface area contributed by atoms with Crippen LogP contribution in [0.2, 0.25) is 0 Å². The van der Waals surface area contributed by atoms with E-state index in [1.807, 2.05) is 6.07 Å². The quantitative estimate of drug-likeness (QED) is 0.670. The van der Waals surface area contributed by atoms with Crippen molar-refractivity contribution < 1.29 is 23.1 Å². The molecule has 0 heterocycles. The van der Waals surface area contributed by atoms with Crippen molar-refractivity contribution in [3.63, 3.8) is 0 Å². The summed E-state index contributed by atoms with van der Waals surface area (Å²) in [6.45, 7) is -0.311. The van der Waals surface area contributed by atoms with Crippen LogP contribution in [0.3, 0.4) is 0 Å². The molecule has 2 N–H and O–H groups in total. The molecule has 0 atom stereocenters. The van der Waals surface area contributed by atoms with E-state index in [2.05, 4.69) is 10.6 Å². The van der Waals surface area contributed by atoms with Crippen molar-refractivity contribution in [3.05, 3.63) is 90.0 Å². The molecule has 0 aliphatic rings. The number of nitrogens with one attached hydrogen (secondary N) is 2. The van der Waals surface area contributed by atoms with Crippen LogP contribution >= 0.6 is 0 Å². The first-order valence-corrected chi connectivity index (χ1v) is 8.35. The van der Waals surface area contributed by atoms with Crippen molar-refractivity contribution >= 4 is 23.2 Å². The fourth-order valence-corrected chi connectivity index (χ4v) is 2.35. The third-order valence-electron chi connectivity index (χ3n) is 3.72. The van der Waals surface area contributed by atoms with Gasteiger partial charge in [0.05, 0.1) is 0 Å². The Morgan fingerprint density at radius 3 is 2.14 bits per heavy atom. The zero-order chi connectivity index (χ0) is 19.9. The Bertz CT molecular complexity index is 977. The van der Waals surface area contributed by atoms with Crippen molar-refractivity contribution in [1.29, 1.82) is 0 Å². The minimum atomic E-state index is -1.05. The third-order valence-corrected chi connectivity index (χ3v) is 3.72. The maximum atomic E-state index is 13.1. The second-order valence-corrected chi connectivity index (χ2v) is 5.81. The molecule has 2 amide bonds. The van der Waals surface area contributed by atoms with Gasteiger partial charge in [-0.25, -0.2) is 8.78 Å². The third kappa shape index (κ3) is 5.14. The highest BCUT2D eigenvalue weighted by Crippen LogP contribution is 2.17. The summed E-state index contributed by atoms with van der Waals surface area (Å²) >= 11 is 0. The van der Waals surface area contributed by atoms with Gasteiger partial charge in [0.2, 0.25) is 0 Å². The lowest BCUT2D eigenvalue weighted by Gasteiger charge is -2.09. The van der Waals surface area contributed by atoms with Crippen molar-refractivity contribution in [1.82, 2.24) is 0 Å². The van der Waals surface area contributed by atoms with Gasteiger partial charge < -0.3 is 15.4 Å². The number of benzene rings is 3. The first-order chi connectivity index (χ1) is 13.5. The fraction of sp³-hybridized carbons (Fsp3) is 0.0476. The summed E-state index contributed by atoms with van der Waals surface area (Å²) < 4.78 is 31.4. The zero-order valence-electron chi connectivity index (χ0n) is 14.6. The Kier molecular flexibility index (Phi) is 5.96. The number of ether oxygens (including phenoxy) is 1. The van der Waals surface area contributed by atoms with Gasteiger partial charge in [0.1, 0.15) is 5.75 Å². The van der Waals surface area contributed by atoms with Crippen LogP contribution in [-0.4, -0.2) is 18.4 Å². The second-order valence-electron chi connectivity index (χ2n) is 5.81. The molecule has 3 aromatic rings. The molecular formula is C21H16F2N2O3. The SMILES string of the molecule is O=C(COc1ccc(NC(=O)c2ccccc2)cc1)Nc1ccc(F)c(F)c1. The first kappa shape index (κ1) is 19.0. The number of carbonyl (C=O) groups excluding carboxylic acids is 2. The van der Waals surface area contributed by atoms with Gasteiger partial charge in [-0.1, -0.05) is 18.2 Å². The Labute approximate surface area is 160 Å². The van der Waals surface area contributed by atoms with E-state index in [-0.39, 0.29) is 18.2 Å². The summed E-state index contributed by atoms with van der Waals surface area (Å²) in [7, 11) is 0. The number of rotatable bonds is 6. The first-order valence-electron chi connectivity index (χ1n) is 8.35. The maximum absolute atomic E-state index is 13.1. The van der Waals surface area contributed by atoms with Gasteiger partial charge in [-0.15, -0.1) is 0 Å².